The van der Waals surface area contributed by atoms with Gasteiger partial charge in [0.15, 0.2) is 0 Å². The molecule has 0 saturated carbocycles. The highest BCUT2D eigenvalue weighted by molar-refractivity contribution is 6.35. The van der Waals surface area contributed by atoms with E-state index in [2.05, 4.69) is 0 Å². The van der Waals surface area contributed by atoms with Crippen LogP contribution in [0.3, 0.4) is 0 Å². The Morgan fingerprint density at radius 1 is 1.29 bits per heavy atom. The number of pyridine rings is 1. The molecule has 2 rings (SSSR count). The number of benzene rings is 1. The van der Waals surface area contributed by atoms with Crippen LogP contribution in [-0.2, 0) is 6.54 Å². The van der Waals surface area contributed by atoms with Gasteiger partial charge >= 0.3 is 0 Å². The highest BCUT2D eigenvalue weighted by atomic mass is 35.5. The number of aliphatic hydroxyl groups excluding tert-OH is 1. The third kappa shape index (κ3) is 3.60. The van der Waals surface area contributed by atoms with Gasteiger partial charge in [0, 0.05) is 27.7 Å². The van der Waals surface area contributed by atoms with Gasteiger partial charge in [-0.05, 0) is 12.1 Å². The summed E-state index contributed by atoms with van der Waals surface area (Å²) in [6, 6.07) is 6.76. The summed E-state index contributed by atoms with van der Waals surface area (Å²) in [5.74, 6) is 0. The number of aromatic nitrogens is 1. The second kappa shape index (κ2) is 6.26. The van der Waals surface area contributed by atoms with Crippen LogP contribution in [0.2, 0.25) is 10.0 Å². The van der Waals surface area contributed by atoms with Gasteiger partial charge in [-0.2, -0.15) is 0 Å². The number of nitrogens with zero attached hydrogens (tertiary/aromatic N) is 2. The van der Waals surface area contributed by atoms with Crippen molar-refractivity contribution < 1.29 is 10.0 Å². The summed E-state index contributed by atoms with van der Waals surface area (Å²) >= 11 is 11.7. The molecule has 1 aromatic heterocycles. The molecule has 0 amide bonds. The lowest BCUT2D eigenvalue weighted by Gasteiger charge is -2.14. The van der Waals surface area contributed by atoms with E-state index in [-0.39, 0.29) is 17.3 Å². The molecule has 1 heterocycles. The number of halogens is 2. The van der Waals surface area contributed by atoms with Gasteiger partial charge in [0.2, 0.25) is 0 Å². The Morgan fingerprint density at radius 2 is 2.00 bits per heavy atom. The predicted molar refractivity (Wildman–Crippen MR) is 78.8 cm³/mol. The van der Waals surface area contributed by atoms with Gasteiger partial charge in [-0.15, -0.1) is 0 Å². The fraction of sp³-hybridized carbons (Fsp3) is 0.154. The molecule has 0 spiro atoms. The van der Waals surface area contributed by atoms with Gasteiger partial charge in [-0.25, -0.2) is 0 Å². The minimum Gasteiger partial charge on any atom is -0.386 e. The first-order valence-corrected chi connectivity index (χ1v) is 6.62. The minimum atomic E-state index is -1.09. The van der Waals surface area contributed by atoms with E-state index in [0.29, 0.717) is 10.6 Å². The van der Waals surface area contributed by atoms with Crippen molar-refractivity contribution >= 4 is 28.9 Å². The van der Waals surface area contributed by atoms with Crippen molar-refractivity contribution in [3.63, 3.8) is 0 Å². The normalized spacial score (nSPS) is 12.1. The highest BCUT2D eigenvalue weighted by Crippen LogP contribution is 2.27. The maximum absolute atomic E-state index is 11.7. The molecule has 0 bridgehead atoms. The molecule has 1 aromatic carbocycles. The van der Waals surface area contributed by atoms with E-state index >= 15 is 0 Å². The molecule has 6 nitrogen and oxygen atoms in total. The summed E-state index contributed by atoms with van der Waals surface area (Å²) < 4.78 is 1.06. The van der Waals surface area contributed by atoms with Crippen molar-refractivity contribution in [3.05, 3.63) is 72.6 Å². The summed E-state index contributed by atoms with van der Waals surface area (Å²) in [5.41, 5.74) is -0.298. The van der Waals surface area contributed by atoms with Crippen LogP contribution in [0.25, 0.3) is 0 Å². The molecular weight excluding hydrogens is 319 g/mol. The molecule has 0 saturated heterocycles. The van der Waals surface area contributed by atoms with Gasteiger partial charge in [0.25, 0.3) is 11.2 Å². The summed E-state index contributed by atoms with van der Waals surface area (Å²) in [6.45, 7) is -0.151. The molecule has 1 atom stereocenters. The van der Waals surface area contributed by atoms with Crippen LogP contribution in [-0.4, -0.2) is 14.6 Å². The second-order valence-electron chi connectivity index (χ2n) is 4.32. The first-order valence-electron chi connectivity index (χ1n) is 5.86. The molecule has 2 aromatic rings. The van der Waals surface area contributed by atoms with Gasteiger partial charge in [0.05, 0.1) is 23.8 Å². The number of rotatable bonds is 4. The largest absolute Gasteiger partial charge is 0.386 e. The van der Waals surface area contributed by atoms with Crippen LogP contribution < -0.4 is 5.56 Å². The fourth-order valence-corrected chi connectivity index (χ4v) is 2.36. The summed E-state index contributed by atoms with van der Waals surface area (Å²) in [6.07, 6.45) is -0.00971. The molecule has 0 aliphatic carbocycles. The number of aliphatic hydroxyl groups is 1. The lowest BCUT2D eigenvalue weighted by molar-refractivity contribution is -0.385. The fourth-order valence-electron chi connectivity index (χ4n) is 1.83. The molecule has 21 heavy (non-hydrogen) atoms. The molecular formula is C13H10Cl2N2O4. The molecule has 0 aliphatic rings. The van der Waals surface area contributed by atoms with Crippen LogP contribution in [0.1, 0.15) is 11.7 Å². The van der Waals surface area contributed by atoms with E-state index in [1.165, 1.54) is 12.1 Å². The molecule has 0 fully saturated rings. The highest BCUT2D eigenvalue weighted by Gasteiger charge is 2.15. The van der Waals surface area contributed by atoms with Gasteiger partial charge < -0.3 is 9.67 Å². The molecule has 8 heteroatoms. The van der Waals surface area contributed by atoms with Crippen molar-refractivity contribution in [2.75, 3.05) is 0 Å². The molecule has 1 unspecified atom stereocenters. The van der Waals surface area contributed by atoms with Crippen molar-refractivity contribution in [1.82, 2.24) is 4.57 Å². The number of nitro groups is 1. The van der Waals surface area contributed by atoms with E-state index in [1.807, 2.05) is 0 Å². The molecule has 0 radical (unpaired) electrons. The Bertz CT molecular complexity index is 745. The zero-order valence-electron chi connectivity index (χ0n) is 10.6. The van der Waals surface area contributed by atoms with Crippen molar-refractivity contribution in [3.8, 4) is 0 Å². The van der Waals surface area contributed by atoms with Crippen molar-refractivity contribution in [2.45, 2.75) is 12.6 Å². The van der Waals surface area contributed by atoms with Gasteiger partial charge in [0.1, 0.15) is 0 Å². The van der Waals surface area contributed by atoms with Gasteiger partial charge in [-0.3, -0.25) is 14.9 Å². The SMILES string of the molecule is O=c1ccc([N+](=O)[O-])cn1CC(O)c1ccc(Cl)cc1Cl. The minimum absolute atomic E-state index is 0.151. The third-order valence-electron chi connectivity index (χ3n) is 2.87. The summed E-state index contributed by atoms with van der Waals surface area (Å²) in [5, 5.41) is 21.5. The van der Waals surface area contributed by atoms with Gasteiger partial charge in [-0.1, -0.05) is 29.3 Å². The predicted octanol–water partition coefficient (Wildman–Crippen LogP) is 2.80. The van der Waals surface area contributed by atoms with E-state index < -0.39 is 16.6 Å². The summed E-state index contributed by atoms with van der Waals surface area (Å²) in [7, 11) is 0. The van der Waals surface area contributed by atoms with Crippen LogP contribution in [0.4, 0.5) is 5.69 Å². The smallest absolute Gasteiger partial charge is 0.285 e. The average molecular weight is 329 g/mol. The Balaban J connectivity index is 2.31. The monoisotopic (exact) mass is 328 g/mol. The summed E-state index contributed by atoms with van der Waals surface area (Å²) in [4.78, 5) is 21.8. The zero-order chi connectivity index (χ0) is 15.6. The van der Waals surface area contributed by atoms with Crippen LogP contribution in [0, 0.1) is 10.1 Å². The average Bonchev–Trinajstić information content (AvgIpc) is 2.40. The second-order valence-corrected chi connectivity index (χ2v) is 5.16. The molecule has 110 valence electrons. The van der Waals surface area contributed by atoms with E-state index in [4.69, 9.17) is 23.2 Å². The third-order valence-corrected chi connectivity index (χ3v) is 3.43. The number of hydrogen-bond acceptors (Lipinski definition) is 4. The van der Waals surface area contributed by atoms with Crippen LogP contribution >= 0.6 is 23.2 Å². The van der Waals surface area contributed by atoms with E-state index in [1.54, 1.807) is 6.07 Å². The number of hydrogen-bond donors (Lipinski definition) is 1. The first kappa shape index (κ1) is 15.5. The Morgan fingerprint density at radius 3 is 2.62 bits per heavy atom. The maximum atomic E-state index is 11.7. The Hall–Kier alpha value is -1.89. The van der Waals surface area contributed by atoms with E-state index in [9.17, 15) is 20.0 Å². The Labute approximate surface area is 129 Å². The lowest BCUT2D eigenvalue weighted by Crippen LogP contribution is -2.22. The van der Waals surface area contributed by atoms with E-state index in [0.717, 1.165) is 22.9 Å². The standard InChI is InChI=1S/C13H10Cl2N2O4/c14-8-1-3-10(11(15)5-8)12(18)7-16-6-9(17(20)21)2-4-13(16)19/h1-6,12,18H,7H2. The van der Waals surface area contributed by atoms with Crippen molar-refractivity contribution in [1.29, 1.82) is 0 Å². The van der Waals surface area contributed by atoms with Crippen LogP contribution in [0.15, 0.2) is 41.3 Å². The lowest BCUT2D eigenvalue weighted by atomic mass is 10.1. The quantitative estimate of drug-likeness (QED) is 0.690. The maximum Gasteiger partial charge on any atom is 0.285 e. The first-order chi connectivity index (χ1) is 9.88. The molecule has 0 aliphatic heterocycles. The molecule has 1 N–H and O–H groups in total. The van der Waals surface area contributed by atoms with Crippen LogP contribution in [0.5, 0.6) is 0 Å². The van der Waals surface area contributed by atoms with Crippen molar-refractivity contribution in [2.24, 2.45) is 0 Å². The zero-order valence-corrected chi connectivity index (χ0v) is 12.1. The topological polar surface area (TPSA) is 85.4 Å². The Kier molecular flexibility index (Phi) is 4.62.